The number of nitrogens with two attached hydrogens (primary N) is 1. The van der Waals surface area contributed by atoms with Crippen LogP contribution >= 0.6 is 0 Å². The Hall–Kier alpha value is -2.03. The Morgan fingerprint density at radius 3 is 2.52 bits per heavy atom. The lowest BCUT2D eigenvalue weighted by atomic mass is 9.77. The zero-order valence-electron chi connectivity index (χ0n) is 13.1. The highest BCUT2D eigenvalue weighted by Crippen LogP contribution is 2.40. The Labute approximate surface area is 126 Å². The van der Waals surface area contributed by atoms with Gasteiger partial charge in [0, 0.05) is 5.56 Å². The van der Waals surface area contributed by atoms with Crippen LogP contribution in [-0.2, 0) is 0 Å². The van der Waals surface area contributed by atoms with E-state index in [2.05, 4.69) is 25.0 Å². The summed E-state index contributed by atoms with van der Waals surface area (Å²) < 4.78 is 1.85. The fraction of sp³-hybridized carbons (Fsp3) is 0.389. The Balaban J connectivity index is 2.02. The number of nitrogen functional groups attached to an aromatic ring is 1. The summed E-state index contributed by atoms with van der Waals surface area (Å²) in [4.78, 5) is 0. The first-order valence-electron chi connectivity index (χ1n) is 7.58. The van der Waals surface area contributed by atoms with E-state index in [0.29, 0.717) is 5.41 Å². The second-order valence-electron chi connectivity index (χ2n) is 6.69. The van der Waals surface area contributed by atoms with Crippen LogP contribution in [0.25, 0.3) is 11.3 Å². The molecule has 3 heteroatoms. The molecule has 3 rings (SSSR count). The van der Waals surface area contributed by atoms with E-state index in [1.54, 1.807) is 0 Å². The summed E-state index contributed by atoms with van der Waals surface area (Å²) in [5, 5.41) is 4.64. The highest BCUT2D eigenvalue weighted by molar-refractivity contribution is 5.76. The van der Waals surface area contributed by atoms with Crippen molar-refractivity contribution < 1.29 is 0 Å². The summed E-state index contributed by atoms with van der Waals surface area (Å²) in [6.07, 6.45) is 5.74. The fourth-order valence-electron chi connectivity index (χ4n) is 3.01. The van der Waals surface area contributed by atoms with Crippen LogP contribution in [0.2, 0.25) is 0 Å². The Bertz CT molecular complexity index is 678. The molecule has 0 aliphatic heterocycles. The minimum atomic E-state index is 0.404. The van der Waals surface area contributed by atoms with E-state index in [1.165, 1.54) is 12.0 Å². The van der Waals surface area contributed by atoms with Crippen molar-refractivity contribution in [3.63, 3.8) is 0 Å². The van der Waals surface area contributed by atoms with Crippen LogP contribution in [0, 0.1) is 12.3 Å². The van der Waals surface area contributed by atoms with Gasteiger partial charge in [0.15, 0.2) is 0 Å². The van der Waals surface area contributed by atoms with Gasteiger partial charge < -0.3 is 5.73 Å². The summed E-state index contributed by atoms with van der Waals surface area (Å²) in [5.41, 5.74) is 11.3. The first-order chi connectivity index (χ1) is 9.98. The number of hydrogen-bond acceptors (Lipinski definition) is 2. The van der Waals surface area contributed by atoms with Crippen molar-refractivity contribution in [2.24, 2.45) is 5.41 Å². The van der Waals surface area contributed by atoms with Gasteiger partial charge >= 0.3 is 0 Å². The number of rotatable bonds is 2. The van der Waals surface area contributed by atoms with Gasteiger partial charge in [-0.1, -0.05) is 38.1 Å². The van der Waals surface area contributed by atoms with E-state index in [0.717, 1.165) is 35.6 Å². The van der Waals surface area contributed by atoms with Gasteiger partial charge in [-0.05, 0) is 49.3 Å². The molecule has 0 saturated heterocycles. The van der Waals surface area contributed by atoms with Gasteiger partial charge in [-0.15, -0.1) is 0 Å². The lowest BCUT2D eigenvalue weighted by molar-refractivity contribution is 0.335. The minimum Gasteiger partial charge on any atom is -0.383 e. The maximum Gasteiger partial charge on any atom is 0.135 e. The van der Waals surface area contributed by atoms with E-state index in [9.17, 15) is 0 Å². The zero-order chi connectivity index (χ0) is 15.0. The van der Waals surface area contributed by atoms with Crippen molar-refractivity contribution in [2.45, 2.75) is 40.0 Å². The number of para-hydroxylation sites is 1. The topological polar surface area (TPSA) is 43.8 Å². The second kappa shape index (κ2) is 5.06. The number of aryl methyl sites for hydroxylation is 1. The maximum absolute atomic E-state index is 6.39. The normalized spacial score (nSPS) is 17.6. The van der Waals surface area contributed by atoms with Crippen molar-refractivity contribution in [3.8, 4) is 5.69 Å². The lowest BCUT2D eigenvalue weighted by Crippen LogP contribution is -2.14. The summed E-state index contributed by atoms with van der Waals surface area (Å²) in [6, 6.07) is 10.1. The summed E-state index contributed by atoms with van der Waals surface area (Å²) in [7, 11) is 0. The second-order valence-corrected chi connectivity index (χ2v) is 6.69. The number of benzene rings is 1. The molecule has 110 valence electrons. The smallest absolute Gasteiger partial charge is 0.135 e. The standard InChI is InChI=1S/C18H23N3/c1-13-16(14-9-11-18(2,3)12-10-14)17(19)21(20-13)15-7-5-4-6-8-15/h4-9H,10-12,19H2,1-3H3. The molecular formula is C18H23N3. The van der Waals surface area contributed by atoms with Gasteiger partial charge in [-0.2, -0.15) is 5.10 Å². The molecule has 0 atom stereocenters. The predicted octanol–water partition coefficient (Wildman–Crippen LogP) is 4.36. The number of allylic oxidation sites excluding steroid dienone is 2. The SMILES string of the molecule is Cc1nn(-c2ccccc2)c(N)c1C1=CCC(C)(C)CC1. The van der Waals surface area contributed by atoms with Gasteiger partial charge in [-0.3, -0.25) is 0 Å². The molecule has 0 fully saturated rings. The third kappa shape index (κ3) is 2.60. The van der Waals surface area contributed by atoms with Crippen molar-refractivity contribution in [1.29, 1.82) is 0 Å². The number of anilines is 1. The van der Waals surface area contributed by atoms with Gasteiger partial charge in [-0.25, -0.2) is 4.68 Å². The van der Waals surface area contributed by atoms with Crippen molar-refractivity contribution >= 4 is 11.4 Å². The van der Waals surface area contributed by atoms with Gasteiger partial charge in [0.05, 0.1) is 11.4 Å². The first kappa shape index (κ1) is 13.9. The maximum atomic E-state index is 6.39. The zero-order valence-corrected chi connectivity index (χ0v) is 13.1. The molecule has 2 N–H and O–H groups in total. The monoisotopic (exact) mass is 281 g/mol. The molecule has 0 bridgehead atoms. The van der Waals surface area contributed by atoms with E-state index >= 15 is 0 Å². The Morgan fingerprint density at radius 2 is 1.90 bits per heavy atom. The van der Waals surface area contributed by atoms with Crippen LogP contribution in [0.15, 0.2) is 36.4 Å². The predicted molar refractivity (Wildman–Crippen MR) is 88.3 cm³/mol. The molecule has 21 heavy (non-hydrogen) atoms. The molecule has 1 aromatic heterocycles. The highest BCUT2D eigenvalue weighted by atomic mass is 15.3. The number of hydrogen-bond donors (Lipinski definition) is 1. The Morgan fingerprint density at radius 1 is 1.19 bits per heavy atom. The molecule has 0 radical (unpaired) electrons. The highest BCUT2D eigenvalue weighted by Gasteiger charge is 2.25. The van der Waals surface area contributed by atoms with Crippen LogP contribution in [0.5, 0.6) is 0 Å². The molecule has 3 nitrogen and oxygen atoms in total. The third-order valence-electron chi connectivity index (χ3n) is 4.39. The number of aromatic nitrogens is 2. The van der Waals surface area contributed by atoms with Crippen LogP contribution < -0.4 is 5.73 Å². The molecular weight excluding hydrogens is 258 g/mol. The third-order valence-corrected chi connectivity index (χ3v) is 4.39. The molecule has 1 heterocycles. The summed E-state index contributed by atoms with van der Waals surface area (Å²) >= 11 is 0. The molecule has 1 aromatic carbocycles. The first-order valence-corrected chi connectivity index (χ1v) is 7.58. The van der Waals surface area contributed by atoms with Gasteiger partial charge in [0.25, 0.3) is 0 Å². The summed E-state index contributed by atoms with van der Waals surface area (Å²) in [5.74, 6) is 0.754. The molecule has 1 aliphatic rings. The van der Waals surface area contributed by atoms with Crippen LogP contribution in [0.1, 0.15) is 44.4 Å². The average Bonchev–Trinajstić information content (AvgIpc) is 2.76. The van der Waals surface area contributed by atoms with E-state index in [4.69, 9.17) is 5.73 Å². The number of nitrogens with zero attached hydrogens (tertiary/aromatic N) is 2. The Kier molecular flexibility index (Phi) is 3.36. The minimum absolute atomic E-state index is 0.404. The van der Waals surface area contributed by atoms with Crippen molar-refractivity contribution in [2.75, 3.05) is 5.73 Å². The summed E-state index contributed by atoms with van der Waals surface area (Å²) in [6.45, 7) is 6.69. The van der Waals surface area contributed by atoms with E-state index in [-0.39, 0.29) is 0 Å². The van der Waals surface area contributed by atoms with Crippen molar-refractivity contribution in [3.05, 3.63) is 47.7 Å². The molecule has 0 spiro atoms. The molecule has 0 saturated carbocycles. The van der Waals surface area contributed by atoms with E-state index in [1.807, 2.05) is 41.9 Å². The average molecular weight is 281 g/mol. The lowest BCUT2D eigenvalue weighted by Gasteiger charge is -2.28. The van der Waals surface area contributed by atoms with Crippen LogP contribution in [-0.4, -0.2) is 9.78 Å². The molecule has 0 amide bonds. The molecule has 2 aromatic rings. The van der Waals surface area contributed by atoms with E-state index < -0.39 is 0 Å². The van der Waals surface area contributed by atoms with Crippen LogP contribution in [0.3, 0.4) is 0 Å². The largest absolute Gasteiger partial charge is 0.383 e. The van der Waals surface area contributed by atoms with Gasteiger partial charge in [0.2, 0.25) is 0 Å². The quantitative estimate of drug-likeness (QED) is 0.889. The molecule has 1 aliphatic carbocycles. The van der Waals surface area contributed by atoms with Crippen LogP contribution in [0.4, 0.5) is 5.82 Å². The fourth-order valence-corrected chi connectivity index (χ4v) is 3.01. The van der Waals surface area contributed by atoms with Crippen molar-refractivity contribution in [1.82, 2.24) is 9.78 Å². The van der Waals surface area contributed by atoms with Gasteiger partial charge in [0.1, 0.15) is 5.82 Å². The molecule has 0 unspecified atom stereocenters.